The van der Waals surface area contributed by atoms with Crippen LogP contribution in [0.4, 0.5) is 0 Å². The monoisotopic (exact) mass is 358 g/mol. The molecular formula is C15H20BrClN2O. The van der Waals surface area contributed by atoms with Crippen LogP contribution >= 0.6 is 27.5 Å². The van der Waals surface area contributed by atoms with Crippen molar-refractivity contribution in [2.45, 2.75) is 25.3 Å². The van der Waals surface area contributed by atoms with E-state index in [1.807, 2.05) is 6.07 Å². The SMILES string of the molecule is Oc1c(Cl)cc(Br)cc1[C@H](CC1CC1)N1CCNCC1. The lowest BCUT2D eigenvalue weighted by atomic mass is 9.97. The van der Waals surface area contributed by atoms with Gasteiger partial charge in [0.25, 0.3) is 0 Å². The molecule has 1 saturated heterocycles. The Morgan fingerprint density at radius 1 is 1.35 bits per heavy atom. The Bertz CT molecular complexity index is 487. The van der Waals surface area contributed by atoms with Gasteiger partial charge in [0, 0.05) is 42.3 Å². The molecular weight excluding hydrogens is 340 g/mol. The molecule has 110 valence electrons. The number of nitrogens with one attached hydrogen (secondary N) is 1. The van der Waals surface area contributed by atoms with Gasteiger partial charge in [0.2, 0.25) is 0 Å². The molecule has 0 unspecified atom stereocenters. The molecule has 3 nitrogen and oxygen atoms in total. The van der Waals surface area contributed by atoms with Gasteiger partial charge in [-0.05, 0) is 24.5 Å². The highest BCUT2D eigenvalue weighted by Gasteiger charge is 2.32. The second kappa shape index (κ2) is 6.22. The molecule has 3 rings (SSSR count). The first-order valence-electron chi connectivity index (χ1n) is 7.28. The summed E-state index contributed by atoms with van der Waals surface area (Å²) in [5, 5.41) is 14.2. The van der Waals surface area contributed by atoms with Crippen LogP contribution in [0.1, 0.15) is 30.9 Å². The minimum atomic E-state index is 0.249. The van der Waals surface area contributed by atoms with Gasteiger partial charge in [-0.25, -0.2) is 0 Å². The zero-order valence-corrected chi connectivity index (χ0v) is 13.8. The number of aromatic hydroxyl groups is 1. The zero-order valence-electron chi connectivity index (χ0n) is 11.4. The second-order valence-corrected chi connectivity index (χ2v) is 7.13. The van der Waals surface area contributed by atoms with Crippen LogP contribution in [0.3, 0.4) is 0 Å². The lowest BCUT2D eigenvalue weighted by molar-refractivity contribution is 0.158. The van der Waals surface area contributed by atoms with E-state index in [2.05, 4.69) is 26.1 Å². The maximum Gasteiger partial charge on any atom is 0.139 e. The van der Waals surface area contributed by atoms with Crippen molar-refractivity contribution in [2.24, 2.45) is 5.92 Å². The number of rotatable bonds is 4. The van der Waals surface area contributed by atoms with Crippen molar-refractivity contribution in [2.75, 3.05) is 26.2 Å². The molecule has 1 aromatic rings. The van der Waals surface area contributed by atoms with E-state index in [0.29, 0.717) is 5.02 Å². The molecule has 2 aliphatic rings. The van der Waals surface area contributed by atoms with Crippen LogP contribution in [-0.4, -0.2) is 36.2 Å². The number of piperazine rings is 1. The first kappa shape index (κ1) is 14.6. The lowest BCUT2D eigenvalue weighted by Crippen LogP contribution is -2.45. The summed E-state index contributed by atoms with van der Waals surface area (Å²) in [6.45, 7) is 4.09. The minimum Gasteiger partial charge on any atom is -0.506 e. The zero-order chi connectivity index (χ0) is 14.1. The summed E-state index contributed by atoms with van der Waals surface area (Å²) in [5.41, 5.74) is 0.971. The average Bonchev–Trinajstić information content (AvgIpc) is 3.25. The Labute approximate surface area is 133 Å². The third-order valence-electron chi connectivity index (χ3n) is 4.26. The largest absolute Gasteiger partial charge is 0.506 e. The summed E-state index contributed by atoms with van der Waals surface area (Å²) in [6.07, 6.45) is 3.77. The van der Waals surface area contributed by atoms with E-state index in [1.165, 1.54) is 12.8 Å². The van der Waals surface area contributed by atoms with Crippen LogP contribution in [-0.2, 0) is 0 Å². The maximum absolute atomic E-state index is 10.4. The number of nitrogens with zero attached hydrogens (tertiary/aromatic N) is 1. The van der Waals surface area contributed by atoms with Crippen molar-refractivity contribution in [1.29, 1.82) is 0 Å². The van der Waals surface area contributed by atoms with Crippen LogP contribution in [0.15, 0.2) is 16.6 Å². The van der Waals surface area contributed by atoms with Gasteiger partial charge in [0.15, 0.2) is 0 Å². The van der Waals surface area contributed by atoms with Crippen LogP contribution in [0.25, 0.3) is 0 Å². The standard InChI is InChI=1S/C15H20BrClN2O/c16-11-8-12(15(20)13(17)9-11)14(7-10-1-2-10)19-5-3-18-4-6-19/h8-10,14,18,20H,1-7H2/t14-/m0/s1. The summed E-state index contributed by atoms with van der Waals surface area (Å²) in [5.74, 6) is 1.06. The lowest BCUT2D eigenvalue weighted by Gasteiger charge is -2.36. The van der Waals surface area contributed by atoms with Crippen molar-refractivity contribution in [1.82, 2.24) is 10.2 Å². The molecule has 0 amide bonds. The second-order valence-electron chi connectivity index (χ2n) is 5.81. The summed E-state index contributed by atoms with van der Waals surface area (Å²) in [7, 11) is 0. The van der Waals surface area contributed by atoms with Gasteiger partial charge in [-0.15, -0.1) is 0 Å². The van der Waals surface area contributed by atoms with Gasteiger partial charge in [0.05, 0.1) is 5.02 Å². The van der Waals surface area contributed by atoms with Gasteiger partial charge in [-0.1, -0.05) is 40.4 Å². The van der Waals surface area contributed by atoms with Crippen molar-refractivity contribution >= 4 is 27.5 Å². The molecule has 1 atom stereocenters. The van der Waals surface area contributed by atoms with E-state index < -0.39 is 0 Å². The van der Waals surface area contributed by atoms with Crippen LogP contribution in [0, 0.1) is 5.92 Å². The first-order valence-corrected chi connectivity index (χ1v) is 8.45. The normalized spacial score (nSPS) is 21.9. The maximum atomic E-state index is 10.4. The molecule has 0 radical (unpaired) electrons. The predicted molar refractivity (Wildman–Crippen MR) is 85.3 cm³/mol. The Morgan fingerprint density at radius 3 is 2.70 bits per heavy atom. The Balaban J connectivity index is 1.90. The fourth-order valence-corrected chi connectivity index (χ4v) is 3.81. The third kappa shape index (κ3) is 3.30. The molecule has 2 N–H and O–H groups in total. The van der Waals surface area contributed by atoms with E-state index in [1.54, 1.807) is 6.07 Å². The number of phenols is 1. The quantitative estimate of drug-likeness (QED) is 0.863. The number of halogens is 2. The number of hydrogen-bond acceptors (Lipinski definition) is 3. The Kier molecular flexibility index (Phi) is 4.55. The van der Waals surface area contributed by atoms with Crippen molar-refractivity contribution in [3.8, 4) is 5.75 Å². The van der Waals surface area contributed by atoms with E-state index in [-0.39, 0.29) is 11.8 Å². The van der Waals surface area contributed by atoms with Gasteiger partial charge >= 0.3 is 0 Å². The predicted octanol–water partition coefficient (Wildman–Crippen LogP) is 3.55. The number of benzene rings is 1. The summed E-state index contributed by atoms with van der Waals surface area (Å²) in [4.78, 5) is 2.48. The van der Waals surface area contributed by atoms with Crippen molar-refractivity contribution in [3.05, 3.63) is 27.2 Å². The highest BCUT2D eigenvalue weighted by Crippen LogP contribution is 2.44. The fourth-order valence-electron chi connectivity index (χ4n) is 2.98. The van der Waals surface area contributed by atoms with Crippen molar-refractivity contribution < 1.29 is 5.11 Å². The smallest absolute Gasteiger partial charge is 0.139 e. The van der Waals surface area contributed by atoms with Crippen LogP contribution in [0.5, 0.6) is 5.75 Å². The molecule has 0 aromatic heterocycles. The minimum absolute atomic E-state index is 0.249. The molecule has 1 aliphatic heterocycles. The highest BCUT2D eigenvalue weighted by atomic mass is 79.9. The summed E-state index contributed by atoms with van der Waals surface area (Å²) < 4.78 is 0.936. The Morgan fingerprint density at radius 2 is 2.05 bits per heavy atom. The van der Waals surface area contributed by atoms with E-state index in [9.17, 15) is 5.11 Å². The van der Waals surface area contributed by atoms with Crippen LogP contribution in [0.2, 0.25) is 5.02 Å². The molecule has 0 bridgehead atoms. The molecule has 1 heterocycles. The number of hydrogen-bond donors (Lipinski definition) is 2. The van der Waals surface area contributed by atoms with Gasteiger partial charge in [-0.3, -0.25) is 4.90 Å². The van der Waals surface area contributed by atoms with Gasteiger partial charge < -0.3 is 10.4 Å². The van der Waals surface area contributed by atoms with Crippen molar-refractivity contribution in [3.63, 3.8) is 0 Å². The van der Waals surface area contributed by atoms with E-state index in [0.717, 1.165) is 48.6 Å². The topological polar surface area (TPSA) is 35.5 Å². The van der Waals surface area contributed by atoms with Gasteiger partial charge in [0.1, 0.15) is 5.75 Å². The summed E-state index contributed by atoms with van der Waals surface area (Å²) >= 11 is 9.64. The van der Waals surface area contributed by atoms with E-state index in [4.69, 9.17) is 11.6 Å². The fraction of sp³-hybridized carbons (Fsp3) is 0.600. The van der Waals surface area contributed by atoms with Gasteiger partial charge in [-0.2, -0.15) is 0 Å². The molecule has 1 aromatic carbocycles. The van der Waals surface area contributed by atoms with Crippen LogP contribution < -0.4 is 5.32 Å². The molecule has 5 heteroatoms. The molecule has 1 saturated carbocycles. The average molecular weight is 360 g/mol. The third-order valence-corrected chi connectivity index (χ3v) is 5.01. The molecule has 1 aliphatic carbocycles. The Hall–Kier alpha value is -0.290. The molecule has 20 heavy (non-hydrogen) atoms. The highest BCUT2D eigenvalue weighted by molar-refractivity contribution is 9.10. The first-order chi connectivity index (χ1) is 9.65. The van der Waals surface area contributed by atoms with E-state index >= 15 is 0 Å². The number of phenolic OH excluding ortho intramolecular Hbond substituents is 1. The summed E-state index contributed by atoms with van der Waals surface area (Å²) in [6, 6.07) is 4.06. The molecule has 2 fully saturated rings. The molecule has 0 spiro atoms.